The Morgan fingerprint density at radius 2 is 1.80 bits per heavy atom. The number of fused-ring (bicyclic) bond motifs is 4. The summed E-state index contributed by atoms with van der Waals surface area (Å²) < 4.78 is 6.04. The van der Waals surface area contributed by atoms with Crippen molar-refractivity contribution < 1.29 is 4.74 Å². The van der Waals surface area contributed by atoms with E-state index in [4.69, 9.17) is 4.74 Å². The molecule has 3 aromatic rings. The molecule has 0 unspecified atom stereocenters. The van der Waals surface area contributed by atoms with Gasteiger partial charge in [-0.2, -0.15) is 0 Å². The first kappa shape index (κ1) is 12.0. The third kappa shape index (κ3) is 1.61. The van der Waals surface area contributed by atoms with Crippen LogP contribution in [0.15, 0.2) is 29.1 Å². The quantitative estimate of drug-likeness (QED) is 0.638. The molecular weight excluding hydrogens is 292 g/mol. The third-order valence-electron chi connectivity index (χ3n) is 3.23. The van der Waals surface area contributed by atoms with Gasteiger partial charge in [-0.3, -0.25) is 4.79 Å². The highest BCUT2D eigenvalue weighted by Gasteiger charge is 2.37. The lowest BCUT2D eigenvalue weighted by Crippen LogP contribution is -2.28. The standard InChI is InChI=1S/C14H10N2O2S2/c1-14(2)11-10(19-13(17)20-11)9-12(18-14)16-8-6-4-3-5-7(8)15-9/h3-6H,1-2H3. The molecule has 2 aromatic heterocycles. The van der Waals surface area contributed by atoms with Gasteiger partial charge >= 0.3 is 0 Å². The second kappa shape index (κ2) is 3.86. The Morgan fingerprint density at radius 1 is 1.10 bits per heavy atom. The minimum atomic E-state index is -0.538. The van der Waals surface area contributed by atoms with Crippen LogP contribution in [0.2, 0.25) is 0 Å². The average Bonchev–Trinajstić information content (AvgIpc) is 2.80. The van der Waals surface area contributed by atoms with E-state index >= 15 is 0 Å². The van der Waals surface area contributed by atoms with Crippen molar-refractivity contribution in [2.24, 2.45) is 0 Å². The normalized spacial score (nSPS) is 15.5. The Bertz CT molecular complexity index is 896. The van der Waals surface area contributed by atoms with Gasteiger partial charge in [-0.25, -0.2) is 9.97 Å². The van der Waals surface area contributed by atoms with Gasteiger partial charge in [-0.1, -0.05) is 34.8 Å². The first-order chi connectivity index (χ1) is 9.54. The number of hydrogen-bond acceptors (Lipinski definition) is 6. The smallest absolute Gasteiger partial charge is 0.288 e. The molecule has 0 fully saturated rings. The average molecular weight is 302 g/mol. The molecule has 100 valence electrons. The van der Waals surface area contributed by atoms with Gasteiger partial charge in [0.05, 0.1) is 20.8 Å². The van der Waals surface area contributed by atoms with Crippen LogP contribution in [0, 0.1) is 0 Å². The number of para-hydroxylation sites is 2. The predicted molar refractivity (Wildman–Crippen MR) is 80.7 cm³/mol. The Labute approximate surface area is 122 Å². The van der Waals surface area contributed by atoms with Gasteiger partial charge in [-0.05, 0) is 26.0 Å². The van der Waals surface area contributed by atoms with E-state index in [0.717, 1.165) is 20.8 Å². The maximum Gasteiger partial charge on any atom is 0.288 e. The number of nitrogens with zero attached hydrogens (tertiary/aromatic N) is 2. The molecule has 3 heterocycles. The number of benzene rings is 1. The molecule has 0 atom stereocenters. The van der Waals surface area contributed by atoms with Crippen LogP contribution in [0.1, 0.15) is 18.7 Å². The molecule has 0 saturated carbocycles. The molecule has 0 aliphatic carbocycles. The van der Waals surface area contributed by atoms with Crippen LogP contribution in [0.3, 0.4) is 0 Å². The highest BCUT2D eigenvalue weighted by atomic mass is 32.2. The number of ether oxygens (including phenoxy) is 1. The summed E-state index contributed by atoms with van der Waals surface area (Å²) in [5.74, 6) is 0.509. The van der Waals surface area contributed by atoms with Crippen LogP contribution in [0.4, 0.5) is 0 Å². The van der Waals surface area contributed by atoms with Crippen molar-refractivity contribution in [2.75, 3.05) is 0 Å². The van der Waals surface area contributed by atoms with Crippen LogP contribution in [0.25, 0.3) is 21.6 Å². The fourth-order valence-electron chi connectivity index (χ4n) is 2.32. The Hall–Kier alpha value is -1.79. The van der Waals surface area contributed by atoms with Gasteiger partial charge in [0.25, 0.3) is 4.06 Å². The summed E-state index contributed by atoms with van der Waals surface area (Å²) in [5.41, 5.74) is 1.75. The number of rotatable bonds is 0. The molecule has 4 nitrogen and oxygen atoms in total. The Morgan fingerprint density at radius 3 is 2.55 bits per heavy atom. The maximum atomic E-state index is 11.8. The Balaban J connectivity index is 2.10. The molecule has 0 saturated heterocycles. The summed E-state index contributed by atoms with van der Waals surface area (Å²) in [7, 11) is 0. The lowest BCUT2D eigenvalue weighted by molar-refractivity contribution is 0.103. The van der Waals surface area contributed by atoms with Gasteiger partial charge in [0, 0.05) is 0 Å². The van der Waals surface area contributed by atoms with Gasteiger partial charge in [0.1, 0.15) is 11.3 Å². The third-order valence-corrected chi connectivity index (χ3v) is 5.69. The van der Waals surface area contributed by atoms with Crippen molar-refractivity contribution in [1.29, 1.82) is 0 Å². The molecule has 0 radical (unpaired) electrons. The zero-order valence-corrected chi connectivity index (χ0v) is 12.5. The molecule has 0 amide bonds. The summed E-state index contributed by atoms with van der Waals surface area (Å²) in [5, 5.41) is 0. The Kier molecular flexibility index (Phi) is 2.32. The summed E-state index contributed by atoms with van der Waals surface area (Å²) >= 11 is 2.46. The van der Waals surface area contributed by atoms with Gasteiger partial charge in [0.15, 0.2) is 0 Å². The SMILES string of the molecule is CC1(C)Oc2nc3ccccc3nc2-c2sc(=O)sc21. The van der Waals surface area contributed by atoms with Crippen molar-refractivity contribution in [2.45, 2.75) is 19.4 Å². The van der Waals surface area contributed by atoms with Gasteiger partial charge in [-0.15, -0.1) is 0 Å². The molecule has 0 spiro atoms. The summed E-state index contributed by atoms with van der Waals surface area (Å²) in [6, 6.07) is 7.67. The van der Waals surface area contributed by atoms with E-state index in [1.165, 1.54) is 22.7 Å². The van der Waals surface area contributed by atoms with E-state index in [2.05, 4.69) is 9.97 Å². The lowest BCUT2D eigenvalue weighted by atomic mass is 10.0. The first-order valence-corrected chi connectivity index (χ1v) is 7.78. The second-order valence-corrected chi connectivity index (χ2v) is 7.32. The van der Waals surface area contributed by atoms with Crippen molar-refractivity contribution in [3.05, 3.63) is 38.0 Å². The lowest BCUT2D eigenvalue weighted by Gasteiger charge is -2.30. The predicted octanol–water partition coefficient (Wildman–Crippen LogP) is 3.41. The molecule has 1 aromatic carbocycles. The fraction of sp³-hybridized carbons (Fsp3) is 0.214. The number of aromatic nitrogens is 2. The highest BCUT2D eigenvalue weighted by Crippen LogP contribution is 2.46. The van der Waals surface area contributed by atoms with Crippen LogP contribution in [-0.2, 0) is 5.60 Å². The van der Waals surface area contributed by atoms with Crippen LogP contribution in [-0.4, -0.2) is 9.97 Å². The minimum absolute atomic E-state index is 0.0643. The molecular formula is C14H10N2O2S2. The van der Waals surface area contributed by atoms with Crippen molar-refractivity contribution >= 4 is 33.7 Å². The molecule has 0 bridgehead atoms. The van der Waals surface area contributed by atoms with E-state index in [1.54, 1.807) is 0 Å². The van der Waals surface area contributed by atoms with E-state index in [0.29, 0.717) is 11.6 Å². The zero-order chi connectivity index (χ0) is 13.9. The maximum absolute atomic E-state index is 11.8. The largest absolute Gasteiger partial charge is 0.464 e. The van der Waals surface area contributed by atoms with Crippen molar-refractivity contribution in [3.63, 3.8) is 0 Å². The van der Waals surface area contributed by atoms with Crippen LogP contribution < -0.4 is 8.79 Å². The fourth-order valence-corrected chi connectivity index (χ4v) is 4.62. The molecule has 1 aliphatic rings. The molecule has 6 heteroatoms. The van der Waals surface area contributed by atoms with E-state index in [1.807, 2.05) is 38.1 Å². The van der Waals surface area contributed by atoms with Crippen LogP contribution in [0.5, 0.6) is 5.88 Å². The summed E-state index contributed by atoms with van der Waals surface area (Å²) in [6.07, 6.45) is 0. The molecule has 4 rings (SSSR count). The molecule has 1 aliphatic heterocycles. The van der Waals surface area contributed by atoms with E-state index in [-0.39, 0.29) is 4.06 Å². The molecule has 0 N–H and O–H groups in total. The van der Waals surface area contributed by atoms with Gasteiger partial charge in [0.2, 0.25) is 5.88 Å². The summed E-state index contributed by atoms with van der Waals surface area (Å²) in [4.78, 5) is 22.7. The zero-order valence-electron chi connectivity index (χ0n) is 10.8. The summed E-state index contributed by atoms with van der Waals surface area (Å²) in [6.45, 7) is 3.91. The van der Waals surface area contributed by atoms with Gasteiger partial charge < -0.3 is 4.74 Å². The van der Waals surface area contributed by atoms with Crippen LogP contribution >= 0.6 is 22.7 Å². The second-order valence-electron chi connectivity index (χ2n) is 5.09. The molecule has 20 heavy (non-hydrogen) atoms. The van der Waals surface area contributed by atoms with E-state index in [9.17, 15) is 4.79 Å². The topological polar surface area (TPSA) is 52.1 Å². The van der Waals surface area contributed by atoms with Crippen molar-refractivity contribution in [3.8, 4) is 16.5 Å². The first-order valence-electron chi connectivity index (χ1n) is 6.15. The van der Waals surface area contributed by atoms with Crippen molar-refractivity contribution in [1.82, 2.24) is 9.97 Å². The highest BCUT2D eigenvalue weighted by molar-refractivity contribution is 7.29. The number of hydrogen-bond donors (Lipinski definition) is 0. The van der Waals surface area contributed by atoms with E-state index < -0.39 is 5.60 Å². The minimum Gasteiger partial charge on any atom is -0.464 e. The monoisotopic (exact) mass is 302 g/mol.